The molecule has 4 heteroatoms. The van der Waals surface area contributed by atoms with E-state index in [2.05, 4.69) is 19.2 Å². The Morgan fingerprint density at radius 3 is 2.45 bits per heavy atom. The topological polar surface area (TPSA) is 46.9 Å². The van der Waals surface area contributed by atoms with Crippen LogP contribution in [0.1, 0.15) is 55.9 Å². The second kappa shape index (κ2) is 7.25. The summed E-state index contributed by atoms with van der Waals surface area (Å²) in [5.41, 5.74) is 3.62. The lowest BCUT2D eigenvalue weighted by Crippen LogP contribution is -2.31. The third-order valence-electron chi connectivity index (χ3n) is 3.52. The summed E-state index contributed by atoms with van der Waals surface area (Å²) in [7, 11) is 0. The molecule has 4 nitrogen and oxygen atoms in total. The van der Waals surface area contributed by atoms with Crippen LogP contribution in [0.3, 0.4) is 0 Å². The highest BCUT2D eigenvalue weighted by Gasteiger charge is 2.23. The predicted octanol–water partition coefficient (Wildman–Crippen LogP) is 3.53. The molecule has 0 unspecified atom stereocenters. The van der Waals surface area contributed by atoms with E-state index in [1.807, 2.05) is 48.9 Å². The number of amides is 1. The number of nitrogens with zero attached hydrogens (tertiary/aromatic N) is 2. The molecule has 22 heavy (non-hydrogen) atoms. The lowest BCUT2D eigenvalue weighted by molar-refractivity contribution is 0.0941. The molecule has 1 aromatic carbocycles. The van der Waals surface area contributed by atoms with Gasteiger partial charge >= 0.3 is 0 Å². The van der Waals surface area contributed by atoms with Crippen molar-refractivity contribution < 1.29 is 4.79 Å². The van der Waals surface area contributed by atoms with Gasteiger partial charge in [-0.05, 0) is 38.8 Å². The third-order valence-corrected chi connectivity index (χ3v) is 3.52. The molecule has 0 fully saturated rings. The lowest BCUT2D eigenvalue weighted by Gasteiger charge is -2.10. The van der Waals surface area contributed by atoms with E-state index in [0.717, 1.165) is 41.9 Å². The van der Waals surface area contributed by atoms with E-state index >= 15 is 0 Å². The molecule has 0 bridgehead atoms. The van der Waals surface area contributed by atoms with Crippen molar-refractivity contribution in [3.05, 3.63) is 47.3 Å². The highest BCUT2D eigenvalue weighted by atomic mass is 16.1. The van der Waals surface area contributed by atoms with Crippen LogP contribution in [0.4, 0.5) is 0 Å². The average molecular weight is 299 g/mol. The van der Waals surface area contributed by atoms with Crippen LogP contribution in [0.25, 0.3) is 5.69 Å². The molecule has 0 saturated heterocycles. The zero-order valence-electron chi connectivity index (χ0n) is 13.9. The second-order valence-electron chi connectivity index (χ2n) is 5.75. The van der Waals surface area contributed by atoms with Gasteiger partial charge in [-0.3, -0.25) is 4.79 Å². The summed E-state index contributed by atoms with van der Waals surface area (Å²) in [6.07, 6.45) is 2.55. The number of carbonyl (C=O) groups is 1. The van der Waals surface area contributed by atoms with Crippen LogP contribution in [0.5, 0.6) is 0 Å². The fourth-order valence-corrected chi connectivity index (χ4v) is 2.62. The van der Waals surface area contributed by atoms with Crippen molar-refractivity contribution in [3.63, 3.8) is 0 Å². The van der Waals surface area contributed by atoms with Crippen LogP contribution < -0.4 is 5.32 Å². The first-order chi connectivity index (χ1) is 10.6. The number of aryl methyl sites for hydroxylation is 1. The Bertz CT molecular complexity index is 629. The summed E-state index contributed by atoms with van der Waals surface area (Å²) in [5, 5.41) is 7.73. The summed E-state index contributed by atoms with van der Waals surface area (Å²) < 4.78 is 1.92. The average Bonchev–Trinajstić information content (AvgIpc) is 2.86. The molecule has 0 aliphatic heterocycles. The van der Waals surface area contributed by atoms with Crippen molar-refractivity contribution in [2.24, 2.45) is 0 Å². The fourth-order valence-electron chi connectivity index (χ4n) is 2.62. The van der Waals surface area contributed by atoms with E-state index < -0.39 is 0 Å². The van der Waals surface area contributed by atoms with Crippen molar-refractivity contribution in [2.75, 3.05) is 0 Å². The largest absolute Gasteiger partial charge is 0.350 e. The molecule has 0 spiro atoms. The Hall–Kier alpha value is -2.10. The minimum atomic E-state index is -0.0162. The molecular weight excluding hydrogens is 274 g/mol. The van der Waals surface area contributed by atoms with E-state index in [-0.39, 0.29) is 11.9 Å². The smallest absolute Gasteiger partial charge is 0.255 e. The highest BCUT2D eigenvalue weighted by Crippen LogP contribution is 2.21. The number of hydrogen-bond donors (Lipinski definition) is 1. The van der Waals surface area contributed by atoms with Crippen molar-refractivity contribution >= 4 is 5.91 Å². The Kier molecular flexibility index (Phi) is 5.36. The van der Waals surface area contributed by atoms with Gasteiger partial charge in [-0.25, -0.2) is 4.68 Å². The Labute approximate surface area is 132 Å². The minimum absolute atomic E-state index is 0.0162. The molecule has 0 atom stereocenters. The number of hydrogen-bond acceptors (Lipinski definition) is 2. The van der Waals surface area contributed by atoms with Gasteiger partial charge in [0.1, 0.15) is 0 Å². The van der Waals surface area contributed by atoms with Crippen LogP contribution in [0.2, 0.25) is 0 Å². The van der Waals surface area contributed by atoms with E-state index in [9.17, 15) is 4.79 Å². The standard InChI is InChI=1S/C18H25N3O/c1-5-10-15-17(18(22)19-13(3)4)16(6-2)21(20-15)14-11-8-7-9-12-14/h7-9,11-13H,5-6,10H2,1-4H3,(H,19,22). The number of aromatic nitrogens is 2. The maximum absolute atomic E-state index is 12.6. The molecule has 118 valence electrons. The first-order valence-electron chi connectivity index (χ1n) is 8.05. The van der Waals surface area contributed by atoms with Crippen molar-refractivity contribution in [1.29, 1.82) is 0 Å². The first kappa shape index (κ1) is 16.3. The molecular formula is C18H25N3O. The van der Waals surface area contributed by atoms with E-state index in [1.165, 1.54) is 0 Å². The zero-order valence-corrected chi connectivity index (χ0v) is 13.9. The molecule has 0 saturated carbocycles. The van der Waals surface area contributed by atoms with Gasteiger partial charge in [-0.2, -0.15) is 5.10 Å². The van der Waals surface area contributed by atoms with Crippen LogP contribution in [0, 0.1) is 0 Å². The third kappa shape index (κ3) is 3.38. The Morgan fingerprint density at radius 2 is 1.91 bits per heavy atom. The SMILES string of the molecule is CCCc1nn(-c2ccccc2)c(CC)c1C(=O)NC(C)C. The van der Waals surface area contributed by atoms with Gasteiger partial charge in [-0.15, -0.1) is 0 Å². The molecule has 1 amide bonds. The van der Waals surface area contributed by atoms with E-state index in [1.54, 1.807) is 0 Å². The van der Waals surface area contributed by atoms with Gasteiger partial charge < -0.3 is 5.32 Å². The maximum atomic E-state index is 12.6. The first-order valence-corrected chi connectivity index (χ1v) is 8.05. The molecule has 2 aromatic rings. The highest BCUT2D eigenvalue weighted by molar-refractivity contribution is 5.96. The summed E-state index contributed by atoms with van der Waals surface area (Å²) in [4.78, 5) is 12.6. The molecule has 1 N–H and O–H groups in total. The molecule has 1 heterocycles. The van der Waals surface area contributed by atoms with Gasteiger partial charge in [0, 0.05) is 6.04 Å². The normalized spacial score (nSPS) is 11.0. The quantitative estimate of drug-likeness (QED) is 0.887. The van der Waals surface area contributed by atoms with E-state index in [4.69, 9.17) is 5.10 Å². The lowest BCUT2D eigenvalue weighted by atomic mass is 10.1. The summed E-state index contributed by atoms with van der Waals surface area (Å²) >= 11 is 0. The van der Waals surface area contributed by atoms with Crippen molar-refractivity contribution in [1.82, 2.24) is 15.1 Å². The maximum Gasteiger partial charge on any atom is 0.255 e. The molecule has 2 rings (SSSR count). The molecule has 0 aliphatic carbocycles. The number of nitrogens with one attached hydrogen (secondary N) is 1. The van der Waals surface area contributed by atoms with Gasteiger partial charge in [0.05, 0.1) is 22.6 Å². The van der Waals surface area contributed by atoms with Crippen LogP contribution in [0.15, 0.2) is 30.3 Å². The summed E-state index contributed by atoms with van der Waals surface area (Å²) in [6.45, 7) is 8.13. The second-order valence-corrected chi connectivity index (χ2v) is 5.75. The molecule has 1 aromatic heterocycles. The van der Waals surface area contributed by atoms with Gasteiger partial charge in [0.2, 0.25) is 0 Å². The number of benzene rings is 1. The number of para-hydroxylation sites is 1. The fraction of sp³-hybridized carbons (Fsp3) is 0.444. The van der Waals surface area contributed by atoms with Crippen LogP contribution in [-0.4, -0.2) is 21.7 Å². The summed E-state index contributed by atoms with van der Waals surface area (Å²) in [5.74, 6) is -0.0162. The Balaban J connectivity index is 2.55. The van der Waals surface area contributed by atoms with Gasteiger partial charge in [0.15, 0.2) is 0 Å². The van der Waals surface area contributed by atoms with Crippen LogP contribution >= 0.6 is 0 Å². The molecule has 0 aliphatic rings. The monoisotopic (exact) mass is 299 g/mol. The number of carbonyl (C=O) groups excluding carboxylic acids is 1. The van der Waals surface area contributed by atoms with Crippen molar-refractivity contribution in [3.8, 4) is 5.69 Å². The van der Waals surface area contributed by atoms with E-state index in [0.29, 0.717) is 0 Å². The minimum Gasteiger partial charge on any atom is -0.350 e. The predicted molar refractivity (Wildman–Crippen MR) is 89.5 cm³/mol. The number of rotatable bonds is 6. The van der Waals surface area contributed by atoms with Gasteiger partial charge in [0.25, 0.3) is 5.91 Å². The van der Waals surface area contributed by atoms with Gasteiger partial charge in [-0.1, -0.05) is 38.5 Å². The Morgan fingerprint density at radius 1 is 1.23 bits per heavy atom. The van der Waals surface area contributed by atoms with Crippen molar-refractivity contribution in [2.45, 2.75) is 53.0 Å². The molecule has 0 radical (unpaired) electrons. The van der Waals surface area contributed by atoms with Crippen LogP contribution in [-0.2, 0) is 12.8 Å². The summed E-state index contributed by atoms with van der Waals surface area (Å²) in [6, 6.07) is 10.1. The zero-order chi connectivity index (χ0) is 16.1.